The van der Waals surface area contributed by atoms with E-state index in [9.17, 15) is 9.50 Å². The largest absolute Gasteiger partial charge is 0.391 e. The quantitative estimate of drug-likeness (QED) is 0.571. The van der Waals surface area contributed by atoms with Crippen molar-refractivity contribution in [3.63, 3.8) is 0 Å². The molecule has 3 nitrogen and oxygen atoms in total. The molecule has 1 aliphatic rings. The number of benzene rings is 1. The first-order chi connectivity index (χ1) is 9.50. The minimum absolute atomic E-state index is 0.116. The Bertz CT molecular complexity index is 512. The van der Waals surface area contributed by atoms with E-state index >= 15 is 0 Å². The van der Waals surface area contributed by atoms with E-state index in [2.05, 4.69) is 21.2 Å². The fraction of sp³-hybridized carbons (Fsp3) is 0.500. The van der Waals surface area contributed by atoms with Crippen LogP contribution in [0.15, 0.2) is 16.6 Å². The third-order valence-electron chi connectivity index (χ3n) is 3.67. The summed E-state index contributed by atoms with van der Waals surface area (Å²) in [6.45, 7) is 0. The molecular weight excluding hydrogens is 343 g/mol. The molecule has 6 heteroatoms. The molecule has 0 aliphatic heterocycles. The second kappa shape index (κ2) is 6.83. The zero-order valence-electron chi connectivity index (χ0n) is 11.0. The van der Waals surface area contributed by atoms with Crippen molar-refractivity contribution in [3.05, 3.63) is 28.0 Å². The average Bonchev–Trinajstić information content (AvgIpc) is 2.60. The van der Waals surface area contributed by atoms with Crippen LogP contribution < -0.4 is 11.1 Å². The Labute approximate surface area is 131 Å². The van der Waals surface area contributed by atoms with Gasteiger partial charge in [-0.25, -0.2) is 4.39 Å². The van der Waals surface area contributed by atoms with Gasteiger partial charge in [-0.15, -0.1) is 0 Å². The predicted octanol–water partition coefficient (Wildman–Crippen LogP) is 3.33. The van der Waals surface area contributed by atoms with Crippen LogP contribution in [0, 0.1) is 5.82 Å². The van der Waals surface area contributed by atoms with Crippen LogP contribution in [-0.4, -0.2) is 22.2 Å². The van der Waals surface area contributed by atoms with Crippen LogP contribution in [0.5, 0.6) is 0 Å². The van der Waals surface area contributed by atoms with E-state index in [-0.39, 0.29) is 15.5 Å². The van der Waals surface area contributed by atoms with Gasteiger partial charge in [-0.3, -0.25) is 0 Å². The van der Waals surface area contributed by atoms with Crippen LogP contribution >= 0.6 is 28.1 Å². The monoisotopic (exact) mass is 360 g/mol. The first kappa shape index (κ1) is 15.7. The smallest absolute Gasteiger partial charge is 0.161 e. The van der Waals surface area contributed by atoms with E-state index < -0.39 is 11.9 Å². The Morgan fingerprint density at radius 3 is 2.75 bits per heavy atom. The van der Waals surface area contributed by atoms with Crippen LogP contribution in [0.25, 0.3) is 0 Å². The van der Waals surface area contributed by atoms with Gasteiger partial charge in [0, 0.05) is 5.56 Å². The Morgan fingerprint density at radius 1 is 1.35 bits per heavy atom. The van der Waals surface area contributed by atoms with Gasteiger partial charge in [0.1, 0.15) is 4.99 Å². The summed E-state index contributed by atoms with van der Waals surface area (Å²) >= 11 is 8.05. The normalized spacial score (nSPS) is 23.1. The molecule has 0 spiro atoms. The molecule has 0 heterocycles. The van der Waals surface area contributed by atoms with Gasteiger partial charge in [-0.1, -0.05) is 31.5 Å². The Balaban J connectivity index is 2.21. The molecule has 2 rings (SSSR count). The molecule has 1 fully saturated rings. The van der Waals surface area contributed by atoms with Crippen molar-refractivity contribution in [1.29, 1.82) is 0 Å². The molecule has 2 unspecified atom stereocenters. The number of hydrogen-bond donors (Lipinski definition) is 3. The van der Waals surface area contributed by atoms with Crippen molar-refractivity contribution < 1.29 is 9.50 Å². The Hall–Kier alpha value is -0.720. The van der Waals surface area contributed by atoms with Gasteiger partial charge in [-0.05, 0) is 40.9 Å². The molecule has 2 atom stereocenters. The number of thiocarbonyl (C=S) groups is 1. The molecule has 0 radical (unpaired) electrons. The van der Waals surface area contributed by atoms with Crippen LogP contribution in [-0.2, 0) is 0 Å². The van der Waals surface area contributed by atoms with E-state index in [1.807, 2.05) is 0 Å². The summed E-state index contributed by atoms with van der Waals surface area (Å²) in [5, 5.41) is 13.2. The highest BCUT2D eigenvalue weighted by Gasteiger charge is 2.23. The van der Waals surface area contributed by atoms with E-state index in [4.69, 9.17) is 18.0 Å². The molecule has 1 aromatic rings. The van der Waals surface area contributed by atoms with Gasteiger partial charge in [0.2, 0.25) is 0 Å². The maximum atomic E-state index is 14.3. The summed E-state index contributed by atoms with van der Waals surface area (Å²) in [7, 11) is 0. The first-order valence-electron chi connectivity index (χ1n) is 6.73. The summed E-state index contributed by atoms with van der Waals surface area (Å²) in [6, 6.07) is 3.18. The lowest BCUT2D eigenvalue weighted by atomic mass is 10.1. The standard InChI is InChI=1S/C14H18BrFN2OS/c15-12-8(14(17)20)6-7-10(13(12)16)18-9-4-2-1-3-5-11(9)19/h6-7,9,11,18-19H,1-5H2,(H2,17,20). The molecule has 0 amide bonds. The Kier molecular flexibility index (Phi) is 5.35. The van der Waals surface area contributed by atoms with E-state index in [0.717, 1.165) is 32.1 Å². The van der Waals surface area contributed by atoms with Crippen LogP contribution in [0.1, 0.15) is 37.7 Å². The number of nitrogens with two attached hydrogens (primary N) is 1. The van der Waals surface area contributed by atoms with Crippen LogP contribution in [0.4, 0.5) is 10.1 Å². The van der Waals surface area contributed by atoms with Gasteiger partial charge in [0.15, 0.2) is 5.82 Å². The molecule has 0 bridgehead atoms. The number of nitrogens with one attached hydrogen (secondary N) is 1. The second-order valence-corrected chi connectivity index (χ2v) is 6.34. The molecule has 110 valence electrons. The van der Waals surface area contributed by atoms with Crippen LogP contribution in [0.2, 0.25) is 0 Å². The summed E-state index contributed by atoms with van der Waals surface area (Å²) < 4.78 is 14.6. The van der Waals surface area contributed by atoms with Crippen molar-refractivity contribution in [3.8, 4) is 0 Å². The highest BCUT2D eigenvalue weighted by molar-refractivity contribution is 9.10. The fourth-order valence-corrected chi connectivity index (χ4v) is 3.37. The zero-order valence-corrected chi connectivity index (χ0v) is 13.4. The molecule has 1 aromatic carbocycles. The van der Waals surface area contributed by atoms with Gasteiger partial charge >= 0.3 is 0 Å². The van der Waals surface area contributed by atoms with Crippen molar-refractivity contribution in [2.75, 3.05) is 5.32 Å². The van der Waals surface area contributed by atoms with E-state index in [0.29, 0.717) is 11.3 Å². The van der Waals surface area contributed by atoms with E-state index in [1.165, 1.54) is 0 Å². The SMILES string of the molecule is NC(=S)c1ccc(NC2CCCCCC2O)c(F)c1Br. The number of anilines is 1. The van der Waals surface area contributed by atoms with Crippen molar-refractivity contribution >= 4 is 38.8 Å². The third kappa shape index (κ3) is 3.48. The van der Waals surface area contributed by atoms with Gasteiger partial charge < -0.3 is 16.2 Å². The Morgan fingerprint density at radius 2 is 2.05 bits per heavy atom. The molecule has 20 heavy (non-hydrogen) atoms. The fourth-order valence-electron chi connectivity index (χ4n) is 2.51. The van der Waals surface area contributed by atoms with Gasteiger partial charge in [-0.2, -0.15) is 0 Å². The maximum Gasteiger partial charge on any atom is 0.161 e. The average molecular weight is 361 g/mol. The summed E-state index contributed by atoms with van der Waals surface area (Å²) in [6.07, 6.45) is 4.34. The molecule has 0 aromatic heterocycles. The number of rotatable bonds is 3. The molecular formula is C14H18BrFN2OS. The van der Waals surface area contributed by atoms with E-state index in [1.54, 1.807) is 12.1 Å². The van der Waals surface area contributed by atoms with Crippen molar-refractivity contribution in [2.45, 2.75) is 44.2 Å². The summed E-state index contributed by atoms with van der Waals surface area (Å²) in [5.41, 5.74) is 6.37. The molecule has 0 saturated heterocycles. The summed E-state index contributed by atoms with van der Waals surface area (Å²) in [5.74, 6) is -0.424. The highest BCUT2D eigenvalue weighted by atomic mass is 79.9. The van der Waals surface area contributed by atoms with Crippen LogP contribution in [0.3, 0.4) is 0 Å². The number of aliphatic hydroxyl groups is 1. The predicted molar refractivity (Wildman–Crippen MR) is 86.5 cm³/mol. The lowest BCUT2D eigenvalue weighted by Crippen LogP contribution is -2.32. The highest BCUT2D eigenvalue weighted by Crippen LogP contribution is 2.29. The minimum atomic E-state index is -0.439. The van der Waals surface area contributed by atoms with Crippen molar-refractivity contribution in [1.82, 2.24) is 0 Å². The van der Waals surface area contributed by atoms with Crippen molar-refractivity contribution in [2.24, 2.45) is 5.73 Å². The first-order valence-corrected chi connectivity index (χ1v) is 7.93. The second-order valence-electron chi connectivity index (χ2n) is 5.11. The molecule has 1 saturated carbocycles. The summed E-state index contributed by atoms with van der Waals surface area (Å²) in [4.78, 5) is 0.150. The lowest BCUT2D eigenvalue weighted by Gasteiger charge is -2.23. The maximum absolute atomic E-state index is 14.3. The number of aliphatic hydroxyl groups excluding tert-OH is 1. The molecule has 4 N–H and O–H groups in total. The minimum Gasteiger partial charge on any atom is -0.391 e. The van der Waals surface area contributed by atoms with Gasteiger partial charge in [0.25, 0.3) is 0 Å². The zero-order chi connectivity index (χ0) is 14.7. The number of halogens is 2. The molecule has 1 aliphatic carbocycles. The lowest BCUT2D eigenvalue weighted by molar-refractivity contribution is 0.144. The third-order valence-corrected chi connectivity index (χ3v) is 4.66. The topological polar surface area (TPSA) is 58.3 Å². The number of hydrogen-bond acceptors (Lipinski definition) is 3. The van der Waals surface area contributed by atoms with Gasteiger partial charge in [0.05, 0.1) is 22.3 Å².